The van der Waals surface area contributed by atoms with Gasteiger partial charge >= 0.3 is 6.18 Å². The smallest absolute Gasteiger partial charge is 0.433 e. The molecule has 1 aromatic heterocycles. The molecule has 11 heteroatoms. The molecule has 2 N–H and O–H groups in total. The fraction of sp³-hybridized carbons (Fsp3) is 0.450. The van der Waals surface area contributed by atoms with Crippen molar-refractivity contribution in [2.24, 2.45) is 4.99 Å². The topological polar surface area (TPSA) is 83.9 Å². The molecule has 0 unspecified atom stereocenters. The lowest BCUT2D eigenvalue weighted by Crippen LogP contribution is -2.38. The Labute approximate surface area is 179 Å². The molecular formula is C20H27F3N6O2. The van der Waals surface area contributed by atoms with Gasteiger partial charge in [0.2, 0.25) is 5.95 Å². The van der Waals surface area contributed by atoms with Crippen molar-refractivity contribution in [3.63, 3.8) is 0 Å². The molecule has 0 spiro atoms. The first kappa shape index (κ1) is 24.0. The normalized spacial score (nSPS) is 11.8. The van der Waals surface area contributed by atoms with Gasteiger partial charge in [0.15, 0.2) is 5.96 Å². The molecule has 8 nitrogen and oxygen atoms in total. The summed E-state index contributed by atoms with van der Waals surface area (Å²) in [6.07, 6.45) is -3.44. The summed E-state index contributed by atoms with van der Waals surface area (Å²) in [4.78, 5) is 13.7. The number of guanidine groups is 1. The Kier molecular flexibility index (Phi) is 8.71. The largest absolute Gasteiger partial charge is 0.497 e. The number of alkyl halides is 3. The van der Waals surface area contributed by atoms with E-state index in [2.05, 4.69) is 25.6 Å². The van der Waals surface area contributed by atoms with E-state index in [0.29, 0.717) is 37.1 Å². The number of aromatic nitrogens is 2. The predicted molar refractivity (Wildman–Crippen MR) is 113 cm³/mol. The SMILES string of the molecule is CCNC(=NCCNc1nccc(C(F)(F)F)n1)N(C)Cc1ccc(OC)cc1OC. The fourth-order valence-electron chi connectivity index (χ4n) is 2.71. The van der Waals surface area contributed by atoms with E-state index in [9.17, 15) is 13.2 Å². The molecule has 0 aliphatic rings. The molecule has 1 aromatic carbocycles. The molecule has 2 rings (SSSR count). The van der Waals surface area contributed by atoms with Gasteiger partial charge in [0, 0.05) is 44.5 Å². The summed E-state index contributed by atoms with van der Waals surface area (Å²) in [6.45, 7) is 3.73. The minimum atomic E-state index is -4.51. The lowest BCUT2D eigenvalue weighted by Gasteiger charge is -2.23. The second kappa shape index (κ2) is 11.2. The van der Waals surface area contributed by atoms with Crippen molar-refractivity contribution >= 4 is 11.9 Å². The molecule has 0 aliphatic heterocycles. The molecule has 0 saturated heterocycles. The van der Waals surface area contributed by atoms with Gasteiger partial charge in [-0.2, -0.15) is 13.2 Å². The number of ether oxygens (including phenoxy) is 2. The van der Waals surface area contributed by atoms with Gasteiger partial charge in [-0.15, -0.1) is 0 Å². The molecule has 31 heavy (non-hydrogen) atoms. The summed E-state index contributed by atoms with van der Waals surface area (Å²) in [7, 11) is 5.07. The third-order valence-electron chi connectivity index (χ3n) is 4.20. The highest BCUT2D eigenvalue weighted by Crippen LogP contribution is 2.27. The molecule has 0 bridgehead atoms. The molecule has 0 saturated carbocycles. The Morgan fingerprint density at radius 3 is 2.61 bits per heavy atom. The maximum Gasteiger partial charge on any atom is 0.433 e. The van der Waals surface area contributed by atoms with Gasteiger partial charge in [-0.05, 0) is 25.1 Å². The molecule has 0 aliphatic carbocycles. The number of anilines is 1. The second-order valence-corrected chi connectivity index (χ2v) is 6.46. The number of nitrogens with one attached hydrogen (secondary N) is 2. The first-order valence-electron chi connectivity index (χ1n) is 9.63. The summed E-state index contributed by atoms with van der Waals surface area (Å²) in [5.41, 5.74) is -0.0399. The van der Waals surface area contributed by atoms with Crippen LogP contribution < -0.4 is 20.1 Å². The van der Waals surface area contributed by atoms with Crippen molar-refractivity contribution < 1.29 is 22.6 Å². The summed E-state index contributed by atoms with van der Waals surface area (Å²) >= 11 is 0. The van der Waals surface area contributed by atoms with Crippen molar-refractivity contribution in [2.75, 3.05) is 46.2 Å². The van der Waals surface area contributed by atoms with Gasteiger partial charge in [0.05, 0.1) is 20.8 Å². The van der Waals surface area contributed by atoms with Crippen LogP contribution >= 0.6 is 0 Å². The average Bonchev–Trinajstić information content (AvgIpc) is 2.75. The predicted octanol–water partition coefficient (Wildman–Crippen LogP) is 3.02. The van der Waals surface area contributed by atoms with Gasteiger partial charge in [-0.1, -0.05) is 0 Å². The Morgan fingerprint density at radius 1 is 1.19 bits per heavy atom. The number of hydrogen-bond acceptors (Lipinski definition) is 6. The van der Waals surface area contributed by atoms with Crippen LogP contribution in [0.4, 0.5) is 19.1 Å². The number of methoxy groups -OCH3 is 2. The number of benzene rings is 1. The second-order valence-electron chi connectivity index (χ2n) is 6.46. The van der Waals surface area contributed by atoms with Gasteiger partial charge in [0.1, 0.15) is 17.2 Å². The van der Waals surface area contributed by atoms with E-state index in [1.165, 1.54) is 0 Å². The molecule has 1 heterocycles. The van der Waals surface area contributed by atoms with Crippen molar-refractivity contribution in [1.29, 1.82) is 0 Å². The van der Waals surface area contributed by atoms with Gasteiger partial charge in [-0.3, -0.25) is 4.99 Å². The number of aliphatic imine (C=N–C) groups is 1. The van der Waals surface area contributed by atoms with Crippen LogP contribution in [0.2, 0.25) is 0 Å². The lowest BCUT2D eigenvalue weighted by atomic mass is 10.2. The number of rotatable bonds is 9. The van der Waals surface area contributed by atoms with Crippen LogP contribution in [0.1, 0.15) is 18.2 Å². The molecular weight excluding hydrogens is 413 g/mol. The summed E-state index contributed by atoms with van der Waals surface area (Å²) < 4.78 is 48.9. The Balaban J connectivity index is 2.00. The first-order chi connectivity index (χ1) is 14.8. The molecule has 0 atom stereocenters. The Morgan fingerprint density at radius 2 is 1.97 bits per heavy atom. The minimum absolute atomic E-state index is 0.0913. The van der Waals surface area contributed by atoms with Gasteiger partial charge in [0.25, 0.3) is 0 Å². The van der Waals surface area contributed by atoms with E-state index in [1.807, 2.05) is 37.1 Å². The van der Waals surface area contributed by atoms with E-state index < -0.39 is 11.9 Å². The monoisotopic (exact) mass is 440 g/mol. The minimum Gasteiger partial charge on any atom is -0.497 e. The van der Waals surface area contributed by atoms with Gasteiger partial charge in [-0.25, -0.2) is 9.97 Å². The van der Waals surface area contributed by atoms with Crippen LogP contribution in [0.3, 0.4) is 0 Å². The molecule has 170 valence electrons. The highest BCUT2D eigenvalue weighted by atomic mass is 19.4. The number of nitrogens with zero attached hydrogens (tertiary/aromatic N) is 4. The van der Waals surface area contributed by atoms with Crippen LogP contribution in [0, 0.1) is 0 Å². The summed E-state index contributed by atoms with van der Waals surface area (Å²) in [6, 6.07) is 6.42. The van der Waals surface area contributed by atoms with Crippen molar-refractivity contribution in [2.45, 2.75) is 19.6 Å². The maximum absolute atomic E-state index is 12.7. The van der Waals surface area contributed by atoms with Crippen molar-refractivity contribution in [1.82, 2.24) is 20.2 Å². The Hall–Kier alpha value is -3.24. The van der Waals surface area contributed by atoms with E-state index in [1.54, 1.807) is 14.2 Å². The van der Waals surface area contributed by atoms with E-state index in [-0.39, 0.29) is 12.5 Å². The van der Waals surface area contributed by atoms with E-state index >= 15 is 0 Å². The standard InChI is InChI=1S/C20H27F3N6O2/c1-5-24-19(29(2)13-14-6-7-15(30-3)12-16(14)31-4)27-11-10-26-18-25-9-8-17(28-18)20(21,22)23/h6-9,12H,5,10-11,13H2,1-4H3,(H,24,27)(H,25,26,28). The maximum atomic E-state index is 12.7. The van der Waals surface area contributed by atoms with Crippen LogP contribution in [-0.4, -0.2) is 61.7 Å². The zero-order valence-corrected chi connectivity index (χ0v) is 18.0. The van der Waals surface area contributed by atoms with Crippen LogP contribution in [-0.2, 0) is 12.7 Å². The van der Waals surface area contributed by atoms with Gasteiger partial charge < -0.3 is 25.0 Å². The fourth-order valence-corrected chi connectivity index (χ4v) is 2.71. The zero-order chi connectivity index (χ0) is 22.9. The average molecular weight is 440 g/mol. The molecule has 0 radical (unpaired) electrons. The highest BCUT2D eigenvalue weighted by molar-refractivity contribution is 5.79. The van der Waals surface area contributed by atoms with Crippen LogP contribution in [0.15, 0.2) is 35.5 Å². The summed E-state index contributed by atoms with van der Waals surface area (Å²) in [5, 5.41) is 5.96. The molecule has 0 amide bonds. The number of hydrogen-bond donors (Lipinski definition) is 2. The van der Waals surface area contributed by atoms with Crippen molar-refractivity contribution in [3.05, 3.63) is 41.7 Å². The lowest BCUT2D eigenvalue weighted by molar-refractivity contribution is -0.141. The quantitative estimate of drug-likeness (QED) is 0.352. The Bertz CT molecular complexity index is 876. The third kappa shape index (κ3) is 7.19. The third-order valence-corrected chi connectivity index (χ3v) is 4.20. The zero-order valence-electron chi connectivity index (χ0n) is 18.0. The number of halogens is 3. The van der Waals surface area contributed by atoms with Crippen LogP contribution in [0.5, 0.6) is 11.5 Å². The summed E-state index contributed by atoms with van der Waals surface area (Å²) in [5.74, 6) is 1.95. The van der Waals surface area contributed by atoms with E-state index in [4.69, 9.17) is 9.47 Å². The molecule has 0 fully saturated rings. The van der Waals surface area contributed by atoms with E-state index in [0.717, 1.165) is 17.8 Å². The highest BCUT2D eigenvalue weighted by Gasteiger charge is 2.32. The van der Waals surface area contributed by atoms with Crippen molar-refractivity contribution in [3.8, 4) is 11.5 Å². The molecule has 2 aromatic rings. The first-order valence-corrected chi connectivity index (χ1v) is 9.63. The van der Waals surface area contributed by atoms with Crippen LogP contribution in [0.25, 0.3) is 0 Å².